The Labute approximate surface area is 82.4 Å². The lowest BCUT2D eigenvalue weighted by Gasteiger charge is -2.34. The third-order valence-corrected chi connectivity index (χ3v) is 3.31. The minimum absolute atomic E-state index is 0.00173. The van der Waals surface area contributed by atoms with Gasteiger partial charge in [-0.25, -0.2) is 4.79 Å². The van der Waals surface area contributed by atoms with Crippen molar-refractivity contribution in [3.8, 4) is 0 Å². The highest BCUT2D eigenvalue weighted by atomic mass is 16.2. The van der Waals surface area contributed by atoms with Gasteiger partial charge in [-0.1, -0.05) is 0 Å². The van der Waals surface area contributed by atoms with E-state index in [9.17, 15) is 9.59 Å². The molecular weight excluding hydrogens is 182 g/mol. The fourth-order valence-corrected chi connectivity index (χ4v) is 2.34. The molecule has 3 amide bonds. The van der Waals surface area contributed by atoms with E-state index in [1.54, 1.807) is 0 Å². The molecule has 1 saturated heterocycles. The van der Waals surface area contributed by atoms with Crippen LogP contribution in [-0.2, 0) is 4.79 Å². The molecule has 0 aromatic heterocycles. The van der Waals surface area contributed by atoms with Gasteiger partial charge in [0.05, 0.1) is 5.54 Å². The maximum atomic E-state index is 11.0. The molecule has 4 N–H and O–H groups in total. The molecule has 78 valence electrons. The fraction of sp³-hybridized carbons (Fsp3) is 0.778. The quantitative estimate of drug-likeness (QED) is 0.540. The van der Waals surface area contributed by atoms with Gasteiger partial charge >= 0.3 is 6.03 Å². The van der Waals surface area contributed by atoms with Gasteiger partial charge in [0, 0.05) is 12.5 Å². The van der Waals surface area contributed by atoms with Crippen molar-refractivity contribution in [1.82, 2.24) is 10.6 Å². The van der Waals surface area contributed by atoms with Crippen molar-refractivity contribution < 1.29 is 9.59 Å². The van der Waals surface area contributed by atoms with Gasteiger partial charge in [-0.2, -0.15) is 0 Å². The van der Waals surface area contributed by atoms with Gasteiger partial charge in [0.2, 0.25) is 5.91 Å². The van der Waals surface area contributed by atoms with Crippen molar-refractivity contribution in [3.05, 3.63) is 0 Å². The summed E-state index contributed by atoms with van der Waals surface area (Å²) in [5.74, 6) is -0.213. The number of amides is 3. The number of primary amides is 1. The minimum atomic E-state index is -0.211. The number of nitrogens with one attached hydrogen (secondary N) is 2. The van der Waals surface area contributed by atoms with Crippen LogP contribution in [-0.4, -0.2) is 24.0 Å². The van der Waals surface area contributed by atoms with Crippen molar-refractivity contribution in [2.24, 2.45) is 11.7 Å². The van der Waals surface area contributed by atoms with Crippen LogP contribution in [0.2, 0.25) is 0 Å². The zero-order valence-electron chi connectivity index (χ0n) is 8.01. The second-order valence-corrected chi connectivity index (χ2v) is 4.26. The van der Waals surface area contributed by atoms with Crippen molar-refractivity contribution in [3.63, 3.8) is 0 Å². The minimum Gasteiger partial charge on any atom is -0.369 e. The first-order chi connectivity index (χ1) is 6.61. The van der Waals surface area contributed by atoms with Crippen LogP contribution in [0.3, 0.4) is 0 Å². The highest BCUT2D eigenvalue weighted by Crippen LogP contribution is 2.33. The second-order valence-electron chi connectivity index (χ2n) is 4.26. The summed E-state index contributed by atoms with van der Waals surface area (Å²) in [7, 11) is 0. The molecule has 1 heterocycles. The molecule has 0 bridgehead atoms. The third kappa shape index (κ3) is 1.54. The SMILES string of the molecule is NC(=O)C1CCC2(CC1)CNC(=O)N2. The molecule has 2 aliphatic rings. The Hall–Kier alpha value is -1.26. The van der Waals surface area contributed by atoms with E-state index in [0.717, 1.165) is 25.7 Å². The third-order valence-electron chi connectivity index (χ3n) is 3.31. The summed E-state index contributed by atoms with van der Waals surface area (Å²) in [6.45, 7) is 0.678. The molecular formula is C9H15N3O2. The molecule has 1 saturated carbocycles. The van der Waals surface area contributed by atoms with Crippen LogP contribution < -0.4 is 16.4 Å². The standard InChI is InChI=1S/C9H15N3O2/c10-7(13)6-1-3-9(4-2-6)5-11-8(14)12-9/h6H,1-5H2,(H2,10,13)(H2,11,12,14). The number of nitrogens with two attached hydrogens (primary N) is 1. The maximum absolute atomic E-state index is 11.0. The first-order valence-electron chi connectivity index (χ1n) is 4.97. The van der Waals surface area contributed by atoms with Crippen LogP contribution >= 0.6 is 0 Å². The molecule has 1 aliphatic heterocycles. The predicted octanol–water partition coefficient (Wildman–Crippen LogP) is -0.287. The first-order valence-corrected chi connectivity index (χ1v) is 4.97. The van der Waals surface area contributed by atoms with E-state index in [-0.39, 0.29) is 23.4 Å². The monoisotopic (exact) mass is 197 g/mol. The lowest BCUT2D eigenvalue weighted by atomic mass is 9.77. The van der Waals surface area contributed by atoms with E-state index >= 15 is 0 Å². The lowest BCUT2D eigenvalue weighted by Crippen LogP contribution is -2.47. The Bertz CT molecular complexity index is 269. The number of urea groups is 1. The van der Waals surface area contributed by atoms with E-state index in [0.29, 0.717) is 6.54 Å². The molecule has 1 aliphatic carbocycles. The molecule has 0 aromatic rings. The van der Waals surface area contributed by atoms with Crippen LogP contribution in [0.5, 0.6) is 0 Å². The summed E-state index contributed by atoms with van der Waals surface area (Å²) in [5.41, 5.74) is 5.13. The van der Waals surface area contributed by atoms with Crippen molar-refractivity contribution >= 4 is 11.9 Å². The summed E-state index contributed by atoms with van der Waals surface area (Å²) in [5, 5.41) is 5.68. The molecule has 0 atom stereocenters. The van der Waals surface area contributed by atoms with Gasteiger partial charge in [-0.15, -0.1) is 0 Å². The normalized spacial score (nSPS) is 36.6. The van der Waals surface area contributed by atoms with Crippen LogP contribution in [0.4, 0.5) is 4.79 Å². The van der Waals surface area contributed by atoms with Crippen LogP contribution in [0, 0.1) is 5.92 Å². The molecule has 0 radical (unpaired) electrons. The van der Waals surface area contributed by atoms with Crippen molar-refractivity contribution in [2.75, 3.05) is 6.54 Å². The van der Waals surface area contributed by atoms with Crippen molar-refractivity contribution in [2.45, 2.75) is 31.2 Å². The number of carbonyl (C=O) groups is 2. The summed E-state index contributed by atoms with van der Waals surface area (Å²) < 4.78 is 0. The topological polar surface area (TPSA) is 84.2 Å². The summed E-state index contributed by atoms with van der Waals surface area (Å²) in [6.07, 6.45) is 3.27. The second kappa shape index (κ2) is 3.15. The van der Waals surface area contributed by atoms with Gasteiger partial charge in [0.25, 0.3) is 0 Å². The number of hydrogen-bond acceptors (Lipinski definition) is 2. The smallest absolute Gasteiger partial charge is 0.315 e. The molecule has 5 heteroatoms. The Balaban J connectivity index is 1.95. The zero-order valence-corrected chi connectivity index (χ0v) is 8.01. The Morgan fingerprint density at radius 1 is 1.43 bits per heavy atom. The zero-order chi connectivity index (χ0) is 10.2. The highest BCUT2D eigenvalue weighted by Gasteiger charge is 2.41. The predicted molar refractivity (Wildman–Crippen MR) is 50.4 cm³/mol. The Morgan fingerprint density at radius 3 is 2.50 bits per heavy atom. The van der Waals surface area contributed by atoms with Gasteiger partial charge in [-0.3, -0.25) is 4.79 Å². The fourth-order valence-electron chi connectivity index (χ4n) is 2.34. The van der Waals surface area contributed by atoms with Crippen LogP contribution in [0.1, 0.15) is 25.7 Å². The van der Waals surface area contributed by atoms with Gasteiger partial charge in [0.1, 0.15) is 0 Å². The molecule has 0 aromatic carbocycles. The van der Waals surface area contributed by atoms with E-state index in [1.165, 1.54) is 0 Å². The maximum Gasteiger partial charge on any atom is 0.315 e. The van der Waals surface area contributed by atoms with Crippen molar-refractivity contribution in [1.29, 1.82) is 0 Å². The Kier molecular flexibility index (Phi) is 2.09. The highest BCUT2D eigenvalue weighted by molar-refractivity contribution is 5.78. The summed E-state index contributed by atoms with van der Waals surface area (Å²) >= 11 is 0. The molecule has 2 rings (SSSR count). The van der Waals surface area contributed by atoms with Gasteiger partial charge < -0.3 is 16.4 Å². The largest absolute Gasteiger partial charge is 0.369 e. The number of hydrogen-bond donors (Lipinski definition) is 3. The Morgan fingerprint density at radius 2 is 2.07 bits per heavy atom. The van der Waals surface area contributed by atoms with E-state index in [2.05, 4.69) is 10.6 Å². The van der Waals surface area contributed by atoms with E-state index in [1.807, 2.05) is 0 Å². The first kappa shape index (κ1) is 9.30. The van der Waals surface area contributed by atoms with Crippen LogP contribution in [0.15, 0.2) is 0 Å². The van der Waals surface area contributed by atoms with Crippen LogP contribution in [0.25, 0.3) is 0 Å². The summed E-state index contributed by atoms with van der Waals surface area (Å²) in [6, 6.07) is -0.0949. The molecule has 1 spiro atoms. The average Bonchev–Trinajstić information content (AvgIpc) is 2.48. The number of carbonyl (C=O) groups excluding carboxylic acids is 2. The summed E-state index contributed by atoms with van der Waals surface area (Å²) in [4.78, 5) is 22.0. The van der Waals surface area contributed by atoms with Gasteiger partial charge in [0.15, 0.2) is 0 Å². The average molecular weight is 197 g/mol. The molecule has 14 heavy (non-hydrogen) atoms. The molecule has 0 unspecified atom stereocenters. The van der Waals surface area contributed by atoms with Gasteiger partial charge in [-0.05, 0) is 25.7 Å². The lowest BCUT2D eigenvalue weighted by molar-refractivity contribution is -0.123. The molecule has 2 fully saturated rings. The molecule has 5 nitrogen and oxygen atoms in total. The van der Waals surface area contributed by atoms with E-state index in [4.69, 9.17) is 5.73 Å². The number of rotatable bonds is 1. The van der Waals surface area contributed by atoms with E-state index < -0.39 is 0 Å².